The van der Waals surface area contributed by atoms with E-state index >= 15 is 0 Å². The third kappa shape index (κ3) is 8.72. The van der Waals surface area contributed by atoms with E-state index in [1.165, 1.54) is 12.1 Å². The maximum Gasteiger partial charge on any atom is 0.324 e. The van der Waals surface area contributed by atoms with Gasteiger partial charge in [0.15, 0.2) is 0 Å². The lowest BCUT2D eigenvalue weighted by molar-refractivity contribution is -0.142. The molecule has 33 heavy (non-hydrogen) atoms. The lowest BCUT2D eigenvalue weighted by Gasteiger charge is -2.14. The van der Waals surface area contributed by atoms with Crippen molar-refractivity contribution in [2.75, 3.05) is 20.0 Å². The number of carbonyl (C=O) groups is 1. The monoisotopic (exact) mass is 489 g/mol. The lowest BCUT2D eigenvalue weighted by Crippen LogP contribution is -2.41. The Morgan fingerprint density at radius 3 is 2.09 bits per heavy atom. The third-order valence-electron chi connectivity index (χ3n) is 4.14. The van der Waals surface area contributed by atoms with Crippen LogP contribution >= 0.6 is 0 Å². The van der Waals surface area contributed by atoms with Gasteiger partial charge >= 0.3 is 5.97 Å². The summed E-state index contributed by atoms with van der Waals surface area (Å²) >= 11 is 0. The molecule has 10 heteroatoms. The molecule has 0 aliphatic rings. The van der Waals surface area contributed by atoms with Crippen LogP contribution in [-0.4, -0.2) is 48.8 Å². The Labute approximate surface area is 194 Å². The van der Waals surface area contributed by atoms with E-state index in [1.54, 1.807) is 36.4 Å². The molecule has 0 unspecified atom stereocenters. The number of aryl methyl sites for hydroxylation is 1. The highest BCUT2D eigenvalue weighted by Gasteiger charge is 2.25. The number of hydrogen-bond donors (Lipinski definition) is 1. The predicted octanol–water partition coefficient (Wildman–Crippen LogP) is 1.58. The number of hydrogen-bond acceptors (Lipinski definition) is 7. The van der Waals surface area contributed by atoms with Crippen LogP contribution in [0.3, 0.4) is 0 Å². The van der Waals surface area contributed by atoms with Gasteiger partial charge in [0.25, 0.3) is 10.1 Å². The molecule has 0 aliphatic carbocycles. The number of esters is 1. The van der Waals surface area contributed by atoms with Crippen LogP contribution in [0.2, 0.25) is 0 Å². The summed E-state index contributed by atoms with van der Waals surface area (Å²) in [4.78, 5) is 12.2. The van der Waals surface area contributed by atoms with E-state index in [0.717, 1.165) is 18.9 Å². The molecule has 1 N–H and O–H groups in total. The van der Waals surface area contributed by atoms with Crippen LogP contribution < -0.4 is 4.72 Å². The number of nitrogens with one attached hydrogen (secondary N) is 1. The molecule has 174 valence electrons. The number of carbonyl (C=O) groups excluding carboxylic acids is 1. The van der Waals surface area contributed by atoms with Gasteiger partial charge in [0.1, 0.15) is 12.6 Å². The molecule has 0 fully saturated rings. The van der Waals surface area contributed by atoms with Gasteiger partial charge in [-0.15, -0.1) is 0 Å². The van der Waals surface area contributed by atoms with Gasteiger partial charge in [-0.1, -0.05) is 53.5 Å². The van der Waals surface area contributed by atoms with Crippen LogP contribution in [0.5, 0.6) is 0 Å². The van der Waals surface area contributed by atoms with E-state index in [4.69, 9.17) is 4.74 Å². The van der Waals surface area contributed by atoms with Crippen molar-refractivity contribution in [2.24, 2.45) is 0 Å². The van der Waals surface area contributed by atoms with E-state index in [1.807, 2.05) is 6.92 Å². The molecular formula is C23H23NO7S2. The predicted molar refractivity (Wildman–Crippen MR) is 123 cm³/mol. The van der Waals surface area contributed by atoms with Gasteiger partial charge in [0.05, 0.1) is 18.3 Å². The minimum Gasteiger partial charge on any atom is -0.468 e. The van der Waals surface area contributed by atoms with Crippen LogP contribution in [-0.2, 0) is 33.9 Å². The first-order chi connectivity index (χ1) is 15.5. The summed E-state index contributed by atoms with van der Waals surface area (Å²) in [6.45, 7) is 1.53. The van der Waals surface area contributed by atoms with Crippen molar-refractivity contribution in [3.8, 4) is 23.7 Å². The maximum absolute atomic E-state index is 12.6. The first kappa shape index (κ1) is 26.1. The summed E-state index contributed by atoms with van der Waals surface area (Å²) in [5.74, 6) is 10.2. The molecule has 0 aromatic heterocycles. The smallest absolute Gasteiger partial charge is 0.324 e. The minimum atomic E-state index is -3.97. The second-order valence-electron chi connectivity index (χ2n) is 6.83. The van der Waals surface area contributed by atoms with Crippen molar-refractivity contribution >= 4 is 26.1 Å². The standard InChI is InChI=1S/C23H23NO7S2/c1-18-13-15-21(16-14-18)33(28,29)24-22(23(25)30-2)12-6-10-19-8-4-5-9-20(19)11-7-17-31-32(3,26)27/h4-5,8-9,13-16,22,24H,12,17H2,1-3H3/t22-/m1/s1. The van der Waals surface area contributed by atoms with Gasteiger partial charge in [-0.3, -0.25) is 8.98 Å². The Morgan fingerprint density at radius 1 is 0.970 bits per heavy atom. The fourth-order valence-electron chi connectivity index (χ4n) is 2.51. The molecule has 0 bridgehead atoms. The Bertz CT molecular complexity index is 1320. The zero-order valence-electron chi connectivity index (χ0n) is 18.3. The van der Waals surface area contributed by atoms with E-state index in [9.17, 15) is 21.6 Å². The van der Waals surface area contributed by atoms with Crippen LogP contribution in [0.1, 0.15) is 23.1 Å². The Morgan fingerprint density at radius 2 is 1.55 bits per heavy atom. The zero-order valence-corrected chi connectivity index (χ0v) is 19.9. The van der Waals surface area contributed by atoms with Crippen LogP contribution in [0.4, 0.5) is 0 Å². The van der Waals surface area contributed by atoms with Gasteiger partial charge in [-0.25, -0.2) is 8.42 Å². The SMILES string of the molecule is COC(=O)[C@@H](CC#Cc1ccccc1C#CCOS(C)(=O)=O)NS(=O)(=O)c1ccc(C)cc1. The fraction of sp³-hybridized carbons (Fsp3) is 0.261. The van der Waals surface area contributed by atoms with E-state index in [0.29, 0.717) is 11.1 Å². The van der Waals surface area contributed by atoms with Gasteiger partial charge in [0, 0.05) is 17.5 Å². The van der Waals surface area contributed by atoms with Crippen molar-refractivity contribution in [2.45, 2.75) is 24.3 Å². The van der Waals surface area contributed by atoms with Crippen molar-refractivity contribution in [1.82, 2.24) is 4.72 Å². The third-order valence-corrected chi connectivity index (χ3v) is 6.17. The molecule has 1 atom stereocenters. The summed E-state index contributed by atoms with van der Waals surface area (Å²) in [5, 5.41) is 0. The molecule has 0 amide bonds. The lowest BCUT2D eigenvalue weighted by atomic mass is 10.1. The fourth-order valence-corrected chi connectivity index (χ4v) is 3.96. The summed E-state index contributed by atoms with van der Waals surface area (Å²) < 4.78 is 58.9. The van der Waals surface area contributed by atoms with Crippen molar-refractivity contribution in [1.29, 1.82) is 0 Å². The van der Waals surface area contributed by atoms with E-state index in [2.05, 4.69) is 32.6 Å². The molecule has 0 heterocycles. The van der Waals surface area contributed by atoms with Crippen LogP contribution in [0.15, 0.2) is 53.4 Å². The normalized spacial score (nSPS) is 12.0. The van der Waals surface area contributed by atoms with Gasteiger partial charge in [0.2, 0.25) is 10.0 Å². The molecular weight excluding hydrogens is 466 g/mol. The highest BCUT2D eigenvalue weighted by Crippen LogP contribution is 2.12. The molecule has 2 aromatic carbocycles. The summed E-state index contributed by atoms with van der Waals surface area (Å²) in [7, 11) is -6.40. The van der Waals surface area contributed by atoms with Gasteiger partial charge in [-0.2, -0.15) is 13.1 Å². The van der Waals surface area contributed by atoms with Crippen molar-refractivity contribution < 1.29 is 30.6 Å². The largest absolute Gasteiger partial charge is 0.468 e. The second-order valence-corrected chi connectivity index (χ2v) is 10.2. The average Bonchev–Trinajstić information content (AvgIpc) is 2.76. The molecule has 0 aliphatic heterocycles. The quantitative estimate of drug-likeness (QED) is 0.357. The number of ether oxygens (including phenoxy) is 1. The van der Waals surface area contributed by atoms with E-state index in [-0.39, 0.29) is 17.9 Å². The average molecular weight is 490 g/mol. The minimum absolute atomic E-state index is 0.0203. The molecule has 0 saturated carbocycles. The maximum atomic E-state index is 12.6. The first-order valence-corrected chi connectivity index (χ1v) is 12.9. The van der Waals surface area contributed by atoms with Crippen molar-refractivity contribution in [3.05, 3.63) is 65.2 Å². The molecule has 0 radical (unpaired) electrons. The van der Waals surface area contributed by atoms with Crippen LogP contribution in [0.25, 0.3) is 0 Å². The number of rotatable bonds is 7. The summed E-state index contributed by atoms with van der Waals surface area (Å²) in [6.07, 6.45) is 0.787. The highest BCUT2D eigenvalue weighted by molar-refractivity contribution is 7.89. The Kier molecular flexibility index (Phi) is 9.21. The molecule has 2 aromatic rings. The molecule has 0 saturated heterocycles. The topological polar surface area (TPSA) is 116 Å². The molecule has 8 nitrogen and oxygen atoms in total. The highest BCUT2D eigenvalue weighted by atomic mass is 32.2. The summed E-state index contributed by atoms with van der Waals surface area (Å²) in [6, 6.07) is 11.8. The van der Waals surface area contributed by atoms with Crippen LogP contribution in [0, 0.1) is 30.6 Å². The van der Waals surface area contributed by atoms with Crippen molar-refractivity contribution in [3.63, 3.8) is 0 Å². The van der Waals surface area contributed by atoms with E-state index < -0.39 is 32.2 Å². The Hall–Kier alpha value is -3.15. The van der Waals surface area contributed by atoms with Gasteiger partial charge < -0.3 is 4.74 Å². The summed E-state index contributed by atoms with van der Waals surface area (Å²) in [5.41, 5.74) is 1.94. The Balaban J connectivity index is 2.19. The molecule has 2 rings (SSSR count). The first-order valence-electron chi connectivity index (χ1n) is 9.60. The number of sulfonamides is 1. The zero-order chi connectivity index (χ0) is 24.5. The second kappa shape index (κ2) is 11.6. The molecule has 0 spiro atoms. The van der Waals surface area contributed by atoms with Gasteiger partial charge in [-0.05, 0) is 31.2 Å². The number of methoxy groups -OCH3 is 1. The number of benzene rings is 2.